The molecular formula is C35H44F2N3O7P. The molecule has 0 aliphatic rings. The molecule has 2 atom stereocenters. The van der Waals surface area contributed by atoms with Gasteiger partial charge in [-0.1, -0.05) is 38.1 Å². The van der Waals surface area contributed by atoms with E-state index in [4.69, 9.17) is 24.3 Å². The summed E-state index contributed by atoms with van der Waals surface area (Å²) in [5.74, 6) is 0.129. The SMILES string of the molecule is CCOP(=O)(OCC)C(F)(F)CCOCCOc1ccc(CC(C)c2cnc3c(N)nc4cc(C(CC)CC(=O)O)ccc4c3c2)cc1. The molecule has 48 heavy (non-hydrogen) atoms. The second-order valence-electron chi connectivity index (χ2n) is 11.6. The van der Waals surface area contributed by atoms with Crippen LogP contribution in [0.2, 0.25) is 0 Å². The van der Waals surface area contributed by atoms with Gasteiger partial charge >= 0.3 is 19.2 Å². The van der Waals surface area contributed by atoms with Crippen LogP contribution >= 0.6 is 7.60 Å². The number of fused-ring (bicyclic) bond motifs is 3. The maximum atomic E-state index is 14.4. The van der Waals surface area contributed by atoms with Crippen LogP contribution in [-0.4, -0.2) is 59.7 Å². The van der Waals surface area contributed by atoms with E-state index in [1.807, 2.05) is 55.6 Å². The number of nitrogen functional groups attached to an aromatic ring is 1. The first-order chi connectivity index (χ1) is 22.9. The lowest BCUT2D eigenvalue weighted by atomic mass is 9.91. The van der Waals surface area contributed by atoms with Gasteiger partial charge in [-0.2, -0.15) is 8.78 Å². The second kappa shape index (κ2) is 16.6. The Morgan fingerprint density at radius 2 is 1.69 bits per heavy atom. The summed E-state index contributed by atoms with van der Waals surface area (Å²) in [6, 6.07) is 15.6. The van der Waals surface area contributed by atoms with Crippen molar-refractivity contribution in [1.82, 2.24) is 9.97 Å². The Morgan fingerprint density at radius 3 is 2.33 bits per heavy atom. The lowest BCUT2D eigenvalue weighted by molar-refractivity contribution is -0.137. The maximum absolute atomic E-state index is 14.4. The van der Waals surface area contributed by atoms with Crippen molar-refractivity contribution in [2.24, 2.45) is 0 Å². The van der Waals surface area contributed by atoms with Crippen molar-refractivity contribution >= 4 is 41.2 Å². The Hall–Kier alpha value is -3.70. The van der Waals surface area contributed by atoms with E-state index in [9.17, 15) is 23.2 Å². The highest BCUT2D eigenvalue weighted by atomic mass is 31.2. The minimum absolute atomic E-state index is 0.0523. The van der Waals surface area contributed by atoms with Crippen molar-refractivity contribution in [3.05, 3.63) is 71.4 Å². The number of pyridine rings is 2. The largest absolute Gasteiger partial charge is 0.491 e. The molecular weight excluding hydrogens is 643 g/mol. The molecule has 0 spiro atoms. The minimum Gasteiger partial charge on any atom is -0.491 e. The number of carboxylic acids is 1. The average molecular weight is 688 g/mol. The molecule has 0 amide bonds. The van der Waals surface area contributed by atoms with Crippen molar-refractivity contribution in [1.29, 1.82) is 0 Å². The molecule has 0 bridgehead atoms. The molecule has 4 aromatic rings. The Bertz CT molecular complexity index is 1730. The summed E-state index contributed by atoms with van der Waals surface area (Å²) in [7, 11) is -4.56. The van der Waals surface area contributed by atoms with Crippen LogP contribution in [0.25, 0.3) is 21.8 Å². The van der Waals surface area contributed by atoms with Crippen molar-refractivity contribution in [3.63, 3.8) is 0 Å². The third kappa shape index (κ3) is 9.05. The molecule has 0 saturated carbocycles. The zero-order valence-electron chi connectivity index (χ0n) is 27.8. The summed E-state index contributed by atoms with van der Waals surface area (Å²) < 4.78 is 61.8. The fourth-order valence-electron chi connectivity index (χ4n) is 5.59. The number of carboxylic acid groups (broad SMARTS) is 1. The van der Waals surface area contributed by atoms with E-state index in [0.717, 1.165) is 33.9 Å². The van der Waals surface area contributed by atoms with E-state index in [-0.39, 0.29) is 51.3 Å². The molecule has 2 heterocycles. The van der Waals surface area contributed by atoms with Crippen LogP contribution in [0.5, 0.6) is 5.75 Å². The van der Waals surface area contributed by atoms with Crippen LogP contribution in [0.1, 0.15) is 75.5 Å². The van der Waals surface area contributed by atoms with Crippen molar-refractivity contribution in [3.8, 4) is 5.75 Å². The van der Waals surface area contributed by atoms with Crippen LogP contribution in [0, 0.1) is 0 Å². The summed E-state index contributed by atoms with van der Waals surface area (Å²) >= 11 is 0. The number of nitrogens with zero attached hydrogens (tertiary/aromatic N) is 2. The summed E-state index contributed by atoms with van der Waals surface area (Å²) in [6.07, 6.45) is 2.53. The quantitative estimate of drug-likeness (QED) is 0.0561. The lowest BCUT2D eigenvalue weighted by Crippen LogP contribution is -2.23. The van der Waals surface area contributed by atoms with E-state index in [0.29, 0.717) is 29.0 Å². The van der Waals surface area contributed by atoms with E-state index in [2.05, 4.69) is 23.0 Å². The standard InChI is InChI=1S/C35H44F2N3O7P/c1-5-25(21-32(41)42)26-10-13-29-30-19-27(22-39-33(30)34(38)40-31(29)20-26)23(4)18-24-8-11-28(12-9-24)45-17-16-44-15-14-35(36,37)48(43,46-6-2)47-7-3/h8-13,19-20,22-23,25H,5-7,14-18,21H2,1-4H3,(H2,38,40)(H,41,42). The van der Waals surface area contributed by atoms with Gasteiger partial charge in [-0.15, -0.1) is 0 Å². The number of halogens is 2. The van der Waals surface area contributed by atoms with E-state index < -0.39 is 25.6 Å². The van der Waals surface area contributed by atoms with E-state index >= 15 is 0 Å². The number of rotatable bonds is 19. The molecule has 2 aromatic heterocycles. The second-order valence-corrected chi connectivity index (χ2v) is 13.8. The molecule has 0 saturated heterocycles. The molecule has 3 N–H and O–H groups in total. The van der Waals surface area contributed by atoms with E-state index in [1.165, 1.54) is 13.8 Å². The lowest BCUT2D eigenvalue weighted by Gasteiger charge is -2.25. The zero-order chi connectivity index (χ0) is 34.9. The molecule has 0 fully saturated rings. The molecule has 2 unspecified atom stereocenters. The van der Waals surface area contributed by atoms with Crippen LogP contribution in [0.4, 0.5) is 14.6 Å². The number of nitrogens with two attached hydrogens (primary N) is 1. The summed E-state index contributed by atoms with van der Waals surface area (Å²) in [4.78, 5) is 20.6. The first-order valence-electron chi connectivity index (χ1n) is 16.2. The van der Waals surface area contributed by atoms with Gasteiger partial charge in [0, 0.05) is 23.4 Å². The third-order valence-corrected chi connectivity index (χ3v) is 10.4. The smallest absolute Gasteiger partial charge is 0.399 e. The molecule has 0 aliphatic heterocycles. The van der Waals surface area contributed by atoms with Gasteiger partial charge in [0.05, 0.1) is 38.4 Å². The Labute approximate surface area is 279 Å². The number of ether oxygens (including phenoxy) is 2. The molecule has 0 radical (unpaired) electrons. The number of benzene rings is 2. The topological polar surface area (TPSA) is 143 Å². The fourth-order valence-corrected chi connectivity index (χ4v) is 7.08. The van der Waals surface area contributed by atoms with Crippen molar-refractivity contribution < 1.29 is 41.8 Å². The normalized spacial score (nSPS) is 13.5. The molecule has 10 nitrogen and oxygen atoms in total. The highest BCUT2D eigenvalue weighted by Crippen LogP contribution is 2.63. The van der Waals surface area contributed by atoms with Crippen LogP contribution in [0.15, 0.2) is 54.7 Å². The number of anilines is 1. The number of alkyl halides is 2. The maximum Gasteiger partial charge on any atom is 0.399 e. The molecule has 4 rings (SSSR count). The fraction of sp³-hybridized carbons (Fsp3) is 0.457. The Morgan fingerprint density at radius 1 is 0.979 bits per heavy atom. The summed E-state index contributed by atoms with van der Waals surface area (Å²) in [5, 5.41) is 11.1. The predicted molar refractivity (Wildman–Crippen MR) is 182 cm³/mol. The Kier molecular flexibility index (Phi) is 12.8. The molecule has 260 valence electrons. The van der Waals surface area contributed by atoms with Gasteiger partial charge in [-0.3, -0.25) is 14.3 Å². The summed E-state index contributed by atoms with van der Waals surface area (Å²) in [6.45, 7) is 6.67. The first-order valence-corrected chi connectivity index (χ1v) is 17.7. The van der Waals surface area contributed by atoms with Gasteiger partial charge in [0.15, 0.2) is 5.82 Å². The van der Waals surface area contributed by atoms with Crippen molar-refractivity contribution in [2.45, 2.75) is 70.9 Å². The predicted octanol–water partition coefficient (Wildman–Crippen LogP) is 8.32. The summed E-state index contributed by atoms with van der Waals surface area (Å²) in [5.41, 5.74) is 7.03. The molecule has 13 heteroatoms. The van der Waals surface area contributed by atoms with Gasteiger partial charge in [0.1, 0.15) is 17.9 Å². The number of carbonyl (C=O) groups is 1. The van der Waals surface area contributed by atoms with Gasteiger partial charge in [-0.05, 0) is 79.5 Å². The van der Waals surface area contributed by atoms with Crippen LogP contribution < -0.4 is 10.5 Å². The van der Waals surface area contributed by atoms with Gasteiger partial charge < -0.3 is 29.4 Å². The number of aliphatic carboxylic acids is 1. The number of hydrogen-bond donors (Lipinski definition) is 2. The van der Waals surface area contributed by atoms with Gasteiger partial charge in [0.25, 0.3) is 0 Å². The van der Waals surface area contributed by atoms with Crippen LogP contribution in [-0.2, 0) is 29.6 Å². The minimum atomic E-state index is -4.56. The first kappa shape index (κ1) is 37.1. The van der Waals surface area contributed by atoms with Crippen molar-refractivity contribution in [2.75, 3.05) is 38.8 Å². The Balaban J connectivity index is 1.34. The number of aromatic nitrogens is 2. The monoisotopic (exact) mass is 687 g/mol. The molecule has 2 aromatic carbocycles. The van der Waals surface area contributed by atoms with Crippen LogP contribution in [0.3, 0.4) is 0 Å². The zero-order valence-corrected chi connectivity index (χ0v) is 28.7. The van der Waals surface area contributed by atoms with Gasteiger partial charge in [0.2, 0.25) is 0 Å². The average Bonchev–Trinajstić information content (AvgIpc) is 3.05. The molecule has 0 aliphatic carbocycles. The van der Waals surface area contributed by atoms with Gasteiger partial charge in [-0.25, -0.2) is 4.98 Å². The highest BCUT2D eigenvalue weighted by molar-refractivity contribution is 7.55. The third-order valence-electron chi connectivity index (χ3n) is 8.17. The highest BCUT2D eigenvalue weighted by Gasteiger charge is 2.52. The van der Waals surface area contributed by atoms with E-state index in [1.54, 1.807) is 0 Å². The number of hydrogen-bond acceptors (Lipinski definition) is 9.